The number of amides is 1. The number of nitrogens with zero attached hydrogens (tertiary/aromatic N) is 5. The highest BCUT2D eigenvalue weighted by molar-refractivity contribution is 5.80. The third kappa shape index (κ3) is 4.29. The standard InChI is InChI=1S/C22H31N5O2/c1-4-20-23-21(29-24-20)17-5-7-19(8-6-17)27-10-9-18(15-27)22(28)26-13-11-25(12-14-26)16(2)3/h5-8,16,18H,4,9-15H2,1-3H3/t18-/m0/s1. The molecule has 2 aliphatic rings. The van der Waals surface area contributed by atoms with Gasteiger partial charge < -0.3 is 14.3 Å². The van der Waals surface area contributed by atoms with Gasteiger partial charge in [0, 0.05) is 63.0 Å². The van der Waals surface area contributed by atoms with Crippen LogP contribution >= 0.6 is 0 Å². The Balaban J connectivity index is 1.34. The molecule has 0 aliphatic carbocycles. The van der Waals surface area contributed by atoms with Gasteiger partial charge in [-0.3, -0.25) is 9.69 Å². The maximum absolute atomic E-state index is 13.0. The molecule has 0 N–H and O–H groups in total. The van der Waals surface area contributed by atoms with Crippen LogP contribution in [0.2, 0.25) is 0 Å². The summed E-state index contributed by atoms with van der Waals surface area (Å²) in [5.41, 5.74) is 2.07. The molecule has 0 bridgehead atoms. The summed E-state index contributed by atoms with van der Waals surface area (Å²) in [5.74, 6) is 1.71. The summed E-state index contributed by atoms with van der Waals surface area (Å²) >= 11 is 0. The van der Waals surface area contributed by atoms with Gasteiger partial charge in [0.2, 0.25) is 5.91 Å². The van der Waals surface area contributed by atoms with Gasteiger partial charge in [-0.2, -0.15) is 4.98 Å². The van der Waals surface area contributed by atoms with E-state index in [0.29, 0.717) is 17.8 Å². The molecule has 2 fully saturated rings. The Kier molecular flexibility index (Phi) is 5.85. The van der Waals surface area contributed by atoms with E-state index in [1.165, 1.54) is 0 Å². The third-order valence-corrected chi connectivity index (χ3v) is 6.16. The van der Waals surface area contributed by atoms with E-state index < -0.39 is 0 Å². The van der Waals surface area contributed by atoms with E-state index in [1.54, 1.807) is 0 Å². The van der Waals surface area contributed by atoms with E-state index in [1.807, 2.05) is 19.1 Å². The van der Waals surface area contributed by atoms with E-state index in [0.717, 1.165) is 69.2 Å². The fraction of sp³-hybridized carbons (Fsp3) is 0.591. The molecule has 2 saturated heterocycles. The highest BCUT2D eigenvalue weighted by Crippen LogP contribution is 2.28. The number of carbonyl (C=O) groups excluding carboxylic acids is 1. The predicted molar refractivity (Wildman–Crippen MR) is 113 cm³/mol. The number of piperazine rings is 1. The lowest BCUT2D eigenvalue weighted by Gasteiger charge is -2.37. The van der Waals surface area contributed by atoms with Gasteiger partial charge in [-0.25, -0.2) is 0 Å². The SMILES string of the molecule is CCc1noc(-c2ccc(N3CC[C@H](C(=O)N4CCN(C(C)C)CC4)C3)cc2)n1. The molecule has 156 valence electrons. The Bertz CT molecular complexity index is 824. The normalized spacial score (nSPS) is 20.6. The number of anilines is 1. The molecule has 0 spiro atoms. The molecular weight excluding hydrogens is 366 g/mol. The smallest absolute Gasteiger partial charge is 0.257 e. The largest absolute Gasteiger partial charge is 0.371 e. The van der Waals surface area contributed by atoms with E-state index >= 15 is 0 Å². The predicted octanol–water partition coefficient (Wildman–Crippen LogP) is 2.68. The third-order valence-electron chi connectivity index (χ3n) is 6.16. The summed E-state index contributed by atoms with van der Waals surface area (Å²) in [4.78, 5) is 24.2. The van der Waals surface area contributed by atoms with E-state index in [-0.39, 0.29) is 5.92 Å². The fourth-order valence-corrected chi connectivity index (χ4v) is 4.24. The summed E-state index contributed by atoms with van der Waals surface area (Å²) in [6, 6.07) is 8.75. The molecule has 1 atom stereocenters. The highest BCUT2D eigenvalue weighted by Gasteiger charge is 2.33. The van der Waals surface area contributed by atoms with Crippen molar-refractivity contribution in [3.8, 4) is 11.5 Å². The van der Waals surface area contributed by atoms with Crippen LogP contribution in [0.15, 0.2) is 28.8 Å². The molecule has 4 rings (SSSR count). The van der Waals surface area contributed by atoms with E-state index in [2.05, 4.69) is 50.8 Å². The quantitative estimate of drug-likeness (QED) is 0.773. The maximum atomic E-state index is 13.0. The number of carbonyl (C=O) groups is 1. The molecule has 1 aromatic heterocycles. The molecule has 2 aromatic rings. The van der Waals surface area contributed by atoms with Crippen LogP contribution in [0.25, 0.3) is 11.5 Å². The van der Waals surface area contributed by atoms with Crippen molar-refractivity contribution in [1.82, 2.24) is 19.9 Å². The van der Waals surface area contributed by atoms with Crippen LogP contribution in [0.4, 0.5) is 5.69 Å². The number of aryl methyl sites for hydroxylation is 1. The minimum atomic E-state index is 0.100. The lowest BCUT2D eigenvalue weighted by Crippen LogP contribution is -2.52. The van der Waals surface area contributed by atoms with Crippen molar-refractivity contribution in [2.24, 2.45) is 5.92 Å². The van der Waals surface area contributed by atoms with Gasteiger partial charge in [-0.1, -0.05) is 12.1 Å². The van der Waals surface area contributed by atoms with Gasteiger partial charge in [-0.15, -0.1) is 0 Å². The molecular formula is C22H31N5O2. The second-order valence-electron chi connectivity index (χ2n) is 8.30. The van der Waals surface area contributed by atoms with Gasteiger partial charge >= 0.3 is 0 Å². The Morgan fingerprint density at radius 2 is 1.86 bits per heavy atom. The van der Waals surface area contributed by atoms with Gasteiger partial charge in [-0.05, 0) is 44.5 Å². The Morgan fingerprint density at radius 3 is 2.48 bits per heavy atom. The molecule has 7 heteroatoms. The molecule has 7 nitrogen and oxygen atoms in total. The minimum Gasteiger partial charge on any atom is -0.371 e. The summed E-state index contributed by atoms with van der Waals surface area (Å²) in [6.07, 6.45) is 1.69. The van der Waals surface area contributed by atoms with Crippen LogP contribution in [0, 0.1) is 5.92 Å². The fourth-order valence-electron chi connectivity index (χ4n) is 4.24. The molecule has 0 radical (unpaired) electrons. The number of rotatable bonds is 5. The Hall–Kier alpha value is -2.41. The van der Waals surface area contributed by atoms with Crippen molar-refractivity contribution in [3.05, 3.63) is 30.1 Å². The first kappa shape index (κ1) is 19.9. The molecule has 0 saturated carbocycles. The molecule has 0 unspecified atom stereocenters. The first-order chi connectivity index (χ1) is 14.0. The minimum absolute atomic E-state index is 0.100. The number of hydrogen-bond acceptors (Lipinski definition) is 6. The average Bonchev–Trinajstić information content (AvgIpc) is 3.43. The Morgan fingerprint density at radius 1 is 1.14 bits per heavy atom. The highest BCUT2D eigenvalue weighted by atomic mass is 16.5. The average molecular weight is 398 g/mol. The van der Waals surface area contributed by atoms with Gasteiger partial charge in [0.05, 0.1) is 5.92 Å². The van der Waals surface area contributed by atoms with Crippen molar-refractivity contribution in [1.29, 1.82) is 0 Å². The summed E-state index contributed by atoms with van der Waals surface area (Å²) < 4.78 is 5.32. The second-order valence-corrected chi connectivity index (χ2v) is 8.30. The lowest BCUT2D eigenvalue weighted by atomic mass is 10.1. The van der Waals surface area contributed by atoms with E-state index in [4.69, 9.17) is 4.52 Å². The van der Waals surface area contributed by atoms with Crippen molar-refractivity contribution in [3.63, 3.8) is 0 Å². The number of hydrogen-bond donors (Lipinski definition) is 0. The van der Waals surface area contributed by atoms with E-state index in [9.17, 15) is 4.79 Å². The summed E-state index contributed by atoms with van der Waals surface area (Å²) in [7, 11) is 0. The van der Waals surface area contributed by atoms with Gasteiger partial charge in [0.25, 0.3) is 5.89 Å². The van der Waals surface area contributed by atoms with Crippen molar-refractivity contribution in [2.45, 2.75) is 39.7 Å². The monoisotopic (exact) mass is 397 g/mol. The van der Waals surface area contributed by atoms with Crippen molar-refractivity contribution in [2.75, 3.05) is 44.2 Å². The summed E-state index contributed by atoms with van der Waals surface area (Å²) in [5, 5.41) is 3.96. The summed E-state index contributed by atoms with van der Waals surface area (Å²) in [6.45, 7) is 11.8. The first-order valence-corrected chi connectivity index (χ1v) is 10.8. The Labute approximate surface area is 172 Å². The van der Waals surface area contributed by atoms with Crippen LogP contribution in [-0.4, -0.2) is 71.2 Å². The van der Waals surface area contributed by atoms with Crippen LogP contribution < -0.4 is 4.90 Å². The van der Waals surface area contributed by atoms with Gasteiger partial charge in [0.15, 0.2) is 5.82 Å². The maximum Gasteiger partial charge on any atom is 0.257 e. The zero-order chi connectivity index (χ0) is 20.4. The topological polar surface area (TPSA) is 65.7 Å². The number of benzene rings is 1. The molecule has 29 heavy (non-hydrogen) atoms. The molecule has 2 aliphatic heterocycles. The zero-order valence-electron chi connectivity index (χ0n) is 17.7. The lowest BCUT2D eigenvalue weighted by molar-refractivity contribution is -0.136. The number of aromatic nitrogens is 2. The van der Waals surface area contributed by atoms with Crippen LogP contribution in [0.3, 0.4) is 0 Å². The van der Waals surface area contributed by atoms with Crippen LogP contribution in [-0.2, 0) is 11.2 Å². The van der Waals surface area contributed by atoms with Crippen molar-refractivity contribution < 1.29 is 9.32 Å². The van der Waals surface area contributed by atoms with Crippen molar-refractivity contribution >= 4 is 11.6 Å². The second kappa shape index (κ2) is 8.53. The zero-order valence-corrected chi connectivity index (χ0v) is 17.7. The van der Waals surface area contributed by atoms with Crippen LogP contribution in [0.5, 0.6) is 0 Å². The first-order valence-electron chi connectivity index (χ1n) is 10.8. The van der Waals surface area contributed by atoms with Crippen LogP contribution in [0.1, 0.15) is 33.0 Å². The molecule has 1 aromatic carbocycles. The molecule has 1 amide bonds. The van der Waals surface area contributed by atoms with Gasteiger partial charge in [0.1, 0.15) is 0 Å². The molecule has 3 heterocycles.